The third-order valence-electron chi connectivity index (χ3n) is 2.16. The molecule has 0 spiro atoms. The lowest BCUT2D eigenvalue weighted by Gasteiger charge is -2.15. The molecule has 13 heavy (non-hydrogen) atoms. The zero-order valence-corrected chi connectivity index (χ0v) is 8.79. The molecule has 0 aromatic heterocycles. The van der Waals surface area contributed by atoms with Crippen molar-refractivity contribution in [3.8, 4) is 0 Å². The molecule has 0 heterocycles. The Labute approximate surface area is 79.5 Å². The van der Waals surface area contributed by atoms with E-state index in [0.717, 1.165) is 12.8 Å². The highest BCUT2D eigenvalue weighted by atomic mass is 16.5. The third kappa shape index (κ3) is 4.06. The smallest absolute Gasteiger partial charge is 0.316 e. The number of Topliss-reactive ketones (excluding diaryl/α,β-unsaturated/α-hetero) is 1. The van der Waals surface area contributed by atoms with Gasteiger partial charge in [0.1, 0.15) is 17.8 Å². The minimum atomic E-state index is -0.624. The number of carbonyl (C=O) groups is 2. The van der Waals surface area contributed by atoms with Crippen LogP contribution in [0.5, 0.6) is 0 Å². The average Bonchev–Trinajstić information content (AvgIpc) is 2.12. The summed E-state index contributed by atoms with van der Waals surface area (Å²) in [7, 11) is 0. The normalized spacial score (nSPS) is 12.7. The highest BCUT2D eigenvalue weighted by Crippen LogP contribution is 2.08. The van der Waals surface area contributed by atoms with Crippen molar-refractivity contribution in [2.45, 2.75) is 46.6 Å². The number of hydrogen-bond donors (Lipinski definition) is 0. The Hall–Kier alpha value is -0.860. The van der Waals surface area contributed by atoms with E-state index in [0.29, 0.717) is 0 Å². The van der Waals surface area contributed by atoms with E-state index in [1.54, 1.807) is 6.92 Å². The highest BCUT2D eigenvalue weighted by Gasteiger charge is 2.21. The highest BCUT2D eigenvalue weighted by molar-refractivity contribution is 5.97. The van der Waals surface area contributed by atoms with E-state index >= 15 is 0 Å². The van der Waals surface area contributed by atoms with Gasteiger partial charge in [0.25, 0.3) is 0 Å². The Bertz CT molecular complexity index is 183. The van der Waals surface area contributed by atoms with Gasteiger partial charge in [-0.05, 0) is 26.7 Å². The number of ether oxygens (including phenoxy) is 1. The Kier molecular flexibility index (Phi) is 5.35. The molecule has 3 nitrogen and oxygen atoms in total. The van der Waals surface area contributed by atoms with E-state index in [2.05, 4.69) is 0 Å². The van der Waals surface area contributed by atoms with Crippen LogP contribution in [0.3, 0.4) is 0 Å². The molecule has 0 N–H and O–H groups in total. The standard InChI is InChI=1S/C10H18O3/c1-5-9(6-2)13-10(12)7(3)8(4)11/h7,9H,5-6H2,1-4H3. The lowest BCUT2D eigenvalue weighted by atomic mass is 10.1. The average molecular weight is 186 g/mol. The summed E-state index contributed by atoms with van der Waals surface area (Å²) >= 11 is 0. The summed E-state index contributed by atoms with van der Waals surface area (Å²) in [5.41, 5.74) is 0. The maximum atomic E-state index is 11.3. The number of hydrogen-bond acceptors (Lipinski definition) is 3. The molecule has 0 radical (unpaired) electrons. The van der Waals surface area contributed by atoms with E-state index in [4.69, 9.17) is 4.74 Å². The Morgan fingerprint density at radius 1 is 1.23 bits per heavy atom. The van der Waals surface area contributed by atoms with Crippen LogP contribution in [-0.4, -0.2) is 17.9 Å². The van der Waals surface area contributed by atoms with Crippen molar-refractivity contribution in [1.82, 2.24) is 0 Å². The molecule has 76 valence electrons. The van der Waals surface area contributed by atoms with Gasteiger partial charge in [0.05, 0.1) is 0 Å². The predicted octanol–water partition coefficient (Wildman–Crippen LogP) is 1.94. The van der Waals surface area contributed by atoms with E-state index < -0.39 is 11.9 Å². The molecule has 0 aromatic carbocycles. The topological polar surface area (TPSA) is 43.4 Å². The van der Waals surface area contributed by atoms with E-state index in [1.807, 2.05) is 13.8 Å². The third-order valence-corrected chi connectivity index (χ3v) is 2.16. The van der Waals surface area contributed by atoms with Gasteiger partial charge in [-0.2, -0.15) is 0 Å². The molecule has 0 saturated carbocycles. The van der Waals surface area contributed by atoms with Crippen molar-refractivity contribution < 1.29 is 14.3 Å². The number of esters is 1. The summed E-state index contributed by atoms with van der Waals surface area (Å²) in [4.78, 5) is 22.1. The Balaban J connectivity index is 4.05. The first-order valence-electron chi connectivity index (χ1n) is 4.73. The lowest BCUT2D eigenvalue weighted by molar-refractivity contribution is -0.156. The first kappa shape index (κ1) is 12.1. The van der Waals surface area contributed by atoms with Crippen LogP contribution in [0.4, 0.5) is 0 Å². The second-order valence-electron chi connectivity index (χ2n) is 3.21. The van der Waals surface area contributed by atoms with E-state index in [-0.39, 0.29) is 11.9 Å². The van der Waals surface area contributed by atoms with Crippen LogP contribution in [0.2, 0.25) is 0 Å². The molecule has 0 saturated heterocycles. The van der Waals surface area contributed by atoms with Gasteiger partial charge in [-0.1, -0.05) is 13.8 Å². The first-order valence-corrected chi connectivity index (χ1v) is 4.73. The van der Waals surface area contributed by atoms with Crippen molar-refractivity contribution >= 4 is 11.8 Å². The van der Waals surface area contributed by atoms with Crippen LogP contribution in [0, 0.1) is 5.92 Å². The molecule has 0 rings (SSSR count). The summed E-state index contributed by atoms with van der Waals surface area (Å²) in [6, 6.07) is 0. The first-order chi connectivity index (χ1) is 6.02. The molecule has 0 aliphatic carbocycles. The molecule has 0 bridgehead atoms. The molecule has 0 fully saturated rings. The number of rotatable bonds is 5. The monoisotopic (exact) mass is 186 g/mol. The van der Waals surface area contributed by atoms with Gasteiger partial charge in [0.2, 0.25) is 0 Å². The number of carbonyl (C=O) groups excluding carboxylic acids is 2. The maximum Gasteiger partial charge on any atom is 0.316 e. The zero-order valence-electron chi connectivity index (χ0n) is 8.79. The summed E-state index contributed by atoms with van der Waals surface area (Å²) in [6.45, 7) is 6.89. The van der Waals surface area contributed by atoms with Crippen LogP contribution in [0.15, 0.2) is 0 Å². The maximum absolute atomic E-state index is 11.3. The summed E-state index contributed by atoms with van der Waals surface area (Å²) in [6.07, 6.45) is 1.55. The van der Waals surface area contributed by atoms with Crippen LogP contribution in [0.25, 0.3) is 0 Å². The Morgan fingerprint density at radius 3 is 2.00 bits per heavy atom. The molecule has 1 atom stereocenters. The van der Waals surface area contributed by atoms with Gasteiger partial charge in [-0.25, -0.2) is 0 Å². The fourth-order valence-corrected chi connectivity index (χ4v) is 0.888. The van der Waals surface area contributed by atoms with Gasteiger partial charge in [-0.3, -0.25) is 9.59 Å². The summed E-state index contributed by atoms with van der Waals surface area (Å²) < 4.78 is 5.11. The Morgan fingerprint density at radius 2 is 1.69 bits per heavy atom. The van der Waals surface area contributed by atoms with Crippen LogP contribution < -0.4 is 0 Å². The molecule has 0 aliphatic heterocycles. The quantitative estimate of drug-likeness (QED) is 0.487. The fraction of sp³-hybridized carbons (Fsp3) is 0.800. The molecule has 0 amide bonds. The molecule has 0 aliphatic rings. The van der Waals surface area contributed by atoms with Crippen LogP contribution >= 0.6 is 0 Å². The summed E-state index contributed by atoms with van der Waals surface area (Å²) in [5.74, 6) is -1.17. The molecule has 0 aromatic rings. The lowest BCUT2D eigenvalue weighted by Crippen LogP contribution is -2.25. The van der Waals surface area contributed by atoms with Crippen LogP contribution in [0.1, 0.15) is 40.5 Å². The van der Waals surface area contributed by atoms with Crippen molar-refractivity contribution in [3.63, 3.8) is 0 Å². The van der Waals surface area contributed by atoms with Crippen molar-refractivity contribution in [1.29, 1.82) is 0 Å². The van der Waals surface area contributed by atoms with Gasteiger partial charge < -0.3 is 4.74 Å². The molecule has 3 heteroatoms. The molecular weight excluding hydrogens is 168 g/mol. The van der Waals surface area contributed by atoms with Crippen LogP contribution in [-0.2, 0) is 14.3 Å². The predicted molar refractivity (Wildman–Crippen MR) is 50.3 cm³/mol. The zero-order chi connectivity index (χ0) is 10.4. The minimum absolute atomic E-state index is 0.0469. The SMILES string of the molecule is CCC(CC)OC(=O)C(C)C(C)=O. The van der Waals surface area contributed by atoms with Crippen molar-refractivity contribution in [2.75, 3.05) is 0 Å². The van der Waals surface area contributed by atoms with Gasteiger partial charge >= 0.3 is 5.97 Å². The second kappa shape index (κ2) is 5.73. The van der Waals surface area contributed by atoms with Gasteiger partial charge in [0.15, 0.2) is 0 Å². The minimum Gasteiger partial charge on any atom is -0.462 e. The largest absolute Gasteiger partial charge is 0.462 e. The van der Waals surface area contributed by atoms with E-state index in [9.17, 15) is 9.59 Å². The second-order valence-corrected chi connectivity index (χ2v) is 3.21. The molecular formula is C10H18O3. The van der Waals surface area contributed by atoms with Crippen molar-refractivity contribution in [3.05, 3.63) is 0 Å². The van der Waals surface area contributed by atoms with Gasteiger partial charge in [-0.15, -0.1) is 0 Å². The molecule has 1 unspecified atom stereocenters. The van der Waals surface area contributed by atoms with Gasteiger partial charge in [0, 0.05) is 0 Å². The fourth-order valence-electron chi connectivity index (χ4n) is 0.888. The number of ketones is 1. The summed E-state index contributed by atoms with van der Waals surface area (Å²) in [5, 5.41) is 0. The van der Waals surface area contributed by atoms with E-state index in [1.165, 1.54) is 6.92 Å². The van der Waals surface area contributed by atoms with Crippen molar-refractivity contribution in [2.24, 2.45) is 5.92 Å².